The van der Waals surface area contributed by atoms with Crippen molar-refractivity contribution in [1.29, 1.82) is 0 Å². The zero-order valence-electron chi connectivity index (χ0n) is 33.6. The third-order valence-corrected chi connectivity index (χ3v) is 11.1. The number of benzene rings is 3. The average molecular weight is 918 g/mol. The number of aromatic hydroxyl groups is 1. The van der Waals surface area contributed by atoms with Gasteiger partial charge in [0.2, 0.25) is 0 Å². The molecule has 0 radical (unpaired) electrons. The van der Waals surface area contributed by atoms with Gasteiger partial charge in [-0.2, -0.15) is 6.41 Å². The number of hydrogen-bond donors (Lipinski definition) is 2. The number of likely N-dealkylation sites (tertiary alicyclic amines) is 1. The van der Waals surface area contributed by atoms with E-state index in [9.17, 15) is 14.7 Å². The number of rotatable bonds is 8. The smallest absolute Gasteiger partial charge is 0.520 e. The van der Waals surface area contributed by atoms with Crippen molar-refractivity contribution in [2.75, 3.05) is 49.6 Å². The van der Waals surface area contributed by atoms with Gasteiger partial charge in [-0.05, 0) is 81.0 Å². The van der Waals surface area contributed by atoms with Crippen molar-refractivity contribution in [3.8, 4) is 27.4 Å². The van der Waals surface area contributed by atoms with Gasteiger partial charge in [0.25, 0.3) is 0 Å². The molecule has 3 aromatic heterocycles. The molecule has 58 heavy (non-hydrogen) atoms. The summed E-state index contributed by atoms with van der Waals surface area (Å²) < 4.78 is 0. The van der Waals surface area contributed by atoms with E-state index in [1.807, 2.05) is 37.7 Å². The molecule has 3 aromatic carbocycles. The number of carbonyl (C=O) groups is 1. The van der Waals surface area contributed by atoms with Crippen LogP contribution in [0.2, 0.25) is 0 Å². The summed E-state index contributed by atoms with van der Waals surface area (Å²) in [6, 6.07) is 23.9. The van der Waals surface area contributed by atoms with Crippen molar-refractivity contribution >= 4 is 46.4 Å². The Morgan fingerprint density at radius 1 is 1.02 bits per heavy atom. The summed E-state index contributed by atoms with van der Waals surface area (Å²) in [6.07, 6.45) is 11.0. The molecule has 13 nitrogen and oxygen atoms in total. The molecule has 6 heterocycles. The van der Waals surface area contributed by atoms with Crippen molar-refractivity contribution < 1.29 is 83.6 Å². The third kappa shape index (κ3) is 11.3. The number of anilines is 2. The first kappa shape index (κ1) is 45.4. The van der Waals surface area contributed by atoms with E-state index < -0.39 is 0 Å². The number of aryl methyl sites for hydroxylation is 1. The summed E-state index contributed by atoms with van der Waals surface area (Å²) in [4.78, 5) is 31.7. The van der Waals surface area contributed by atoms with Crippen LogP contribution < -0.4 is 89.1 Å². The van der Waals surface area contributed by atoms with Gasteiger partial charge in [0.05, 0.1) is 33.3 Å². The number of aldehydes is 1. The molecule has 3 saturated heterocycles. The summed E-state index contributed by atoms with van der Waals surface area (Å²) in [6.45, 7) is 7.71. The van der Waals surface area contributed by atoms with Crippen LogP contribution in [0.4, 0.5) is 11.5 Å². The summed E-state index contributed by atoms with van der Waals surface area (Å²) in [7, 11) is 1.96. The van der Waals surface area contributed by atoms with E-state index in [-0.39, 0.29) is 88.1 Å². The van der Waals surface area contributed by atoms with Crippen LogP contribution in [0.3, 0.4) is 0 Å². The minimum absolute atomic E-state index is 0. The molecule has 6 aromatic rings. The SMILES string of the molecule is CNCc1ccc(-c2scnc2C)cc1.O=[C-]N1CCCC1C=O.Oc1ccccc1-c1cc2ccc(N3CC4(C3)CN(c3c[n-]nn3)C4)cc2nn1.[CH-]1CC1.[CH3-].[Cs+]. The second-order valence-corrected chi connectivity index (χ2v) is 15.3. The molecule has 3 aliphatic heterocycles. The minimum Gasteiger partial charge on any atom is -0.520 e. The Kier molecular flexibility index (Phi) is 16.9. The maximum absolute atomic E-state index is 10.2. The Morgan fingerprint density at radius 2 is 1.76 bits per heavy atom. The van der Waals surface area contributed by atoms with Crippen LogP contribution in [0.5, 0.6) is 5.75 Å². The molecular weight excluding hydrogens is 870 g/mol. The Hall–Kier alpha value is -3.68. The Morgan fingerprint density at radius 3 is 2.36 bits per heavy atom. The number of phenolic OH excluding ortho intramolecular Hbond substituents is 1. The zero-order valence-corrected chi connectivity index (χ0v) is 40.7. The Bertz CT molecular complexity index is 2190. The molecule has 15 heteroatoms. The van der Waals surface area contributed by atoms with Crippen LogP contribution >= 0.6 is 11.3 Å². The first-order valence-corrected chi connectivity index (χ1v) is 19.7. The Labute approximate surface area is 403 Å². The molecule has 1 aliphatic carbocycles. The van der Waals surface area contributed by atoms with E-state index in [4.69, 9.17) is 0 Å². The van der Waals surface area contributed by atoms with Gasteiger partial charge in [-0.25, -0.2) is 17.8 Å². The number of nitrogens with one attached hydrogen (secondary N) is 1. The molecule has 1 spiro atoms. The molecule has 0 bridgehead atoms. The molecule has 10 rings (SSSR count). The summed E-state index contributed by atoms with van der Waals surface area (Å²) in [5, 5.41) is 34.4. The van der Waals surface area contributed by atoms with E-state index in [1.54, 1.807) is 36.1 Å². The van der Waals surface area contributed by atoms with Gasteiger partial charge >= 0.3 is 68.9 Å². The van der Waals surface area contributed by atoms with Gasteiger partial charge in [0.15, 0.2) is 0 Å². The standard InChI is InChI=1S/C21H18N7O.C12H14N2S.C6H8NO2.C3H5.CH3.Cs/c29-19-4-2-1-3-16(19)18-7-14-5-6-15(8-17(14)23-24-18)27-10-21(11-27)12-28(13-21)20-9-22-26-25-20;1-9-12(15-8-14-9)11-5-3-10(4-6-11)7-13-2;8-4-6-2-1-3-7(6)5-9;1-2-3-1;;/h1-9H,10-13H2,(H-,22,24,25,26,29);3-6,8,13H,7H2,1-2H3;4,6H,1-3H2;1H,2-3H2;1H3;/q-1;;3*-1;+1. The van der Waals surface area contributed by atoms with Crippen LogP contribution in [0.1, 0.15) is 36.9 Å². The zero-order chi connectivity index (χ0) is 38.9. The average Bonchev–Trinajstić information content (AvgIpc) is 3.62. The van der Waals surface area contributed by atoms with Crippen molar-refractivity contribution in [2.24, 2.45) is 5.41 Å². The summed E-state index contributed by atoms with van der Waals surface area (Å²) in [5.74, 6) is 1.08. The number of phenols is 1. The van der Waals surface area contributed by atoms with E-state index in [1.165, 1.54) is 39.4 Å². The quantitative estimate of drug-likeness (QED) is 0.171. The predicted molar refractivity (Wildman–Crippen MR) is 225 cm³/mol. The van der Waals surface area contributed by atoms with E-state index in [2.05, 4.69) is 94.6 Å². The molecule has 2 N–H and O–H groups in total. The maximum Gasteiger partial charge on any atom is 1.00 e. The number of amides is 1. The largest absolute Gasteiger partial charge is 1.00 e. The number of nitrogens with zero attached hydrogens (tertiary/aromatic N) is 9. The van der Waals surface area contributed by atoms with E-state index in [0.717, 1.165) is 74.3 Å². The monoisotopic (exact) mass is 917 g/mol. The fraction of sp³-hybridized carbons (Fsp3) is 0.326. The number of para-hydroxylation sites is 1. The number of fused-ring (bicyclic) bond motifs is 1. The first-order valence-electron chi connectivity index (χ1n) is 18.8. The molecular formula is C43H48CsN10O3S-3. The Balaban J connectivity index is 0.000000184. The van der Waals surface area contributed by atoms with Crippen molar-refractivity contribution in [3.63, 3.8) is 0 Å². The molecule has 1 unspecified atom stereocenters. The van der Waals surface area contributed by atoms with Crippen LogP contribution in [-0.4, -0.2) is 94.0 Å². The van der Waals surface area contributed by atoms with Crippen molar-refractivity contribution in [3.05, 3.63) is 110 Å². The van der Waals surface area contributed by atoms with Gasteiger partial charge in [0, 0.05) is 60.6 Å². The first-order chi connectivity index (χ1) is 27.4. The van der Waals surface area contributed by atoms with Gasteiger partial charge < -0.3 is 58.8 Å². The van der Waals surface area contributed by atoms with Crippen LogP contribution in [0.25, 0.3) is 32.6 Å². The fourth-order valence-corrected chi connectivity index (χ4v) is 7.85. The topological polar surface area (TPSA) is 155 Å². The molecule has 4 fully saturated rings. The second kappa shape index (κ2) is 21.5. The maximum atomic E-state index is 10.2. The fourth-order valence-electron chi connectivity index (χ4n) is 7.04. The summed E-state index contributed by atoms with van der Waals surface area (Å²) >= 11 is 1.70. The molecule has 1 saturated carbocycles. The van der Waals surface area contributed by atoms with E-state index >= 15 is 0 Å². The van der Waals surface area contributed by atoms with Crippen molar-refractivity contribution in [1.82, 2.24) is 40.8 Å². The minimum atomic E-state index is -0.192. The van der Waals surface area contributed by atoms with Gasteiger partial charge in [-0.15, -0.1) is 21.5 Å². The molecule has 1 amide bonds. The number of hydrogen-bond acceptors (Lipinski definition) is 12. The molecule has 4 aliphatic rings. The van der Waals surface area contributed by atoms with Gasteiger partial charge in [-0.1, -0.05) is 42.5 Å². The van der Waals surface area contributed by atoms with E-state index in [0.29, 0.717) is 23.2 Å². The molecule has 1 atom stereocenters. The van der Waals surface area contributed by atoms with Crippen LogP contribution in [-0.2, 0) is 16.1 Å². The number of aromatic nitrogens is 6. The van der Waals surface area contributed by atoms with Crippen LogP contribution in [0.15, 0.2) is 84.5 Å². The molecule has 298 valence electrons. The van der Waals surface area contributed by atoms with Crippen molar-refractivity contribution in [2.45, 2.75) is 45.2 Å². The normalized spacial score (nSPS) is 16.7. The van der Waals surface area contributed by atoms with Gasteiger partial charge in [0.1, 0.15) is 12.0 Å². The predicted octanol–water partition coefficient (Wildman–Crippen LogP) is 3.07. The number of thiazole rings is 1. The second-order valence-electron chi connectivity index (χ2n) is 14.5. The number of carbonyl (C=O) groups excluding carboxylic acids is 2. The van der Waals surface area contributed by atoms with Gasteiger partial charge in [-0.3, -0.25) is 5.21 Å². The summed E-state index contributed by atoms with van der Waals surface area (Å²) in [5.41, 5.74) is 9.30. The third-order valence-electron chi connectivity index (χ3n) is 10.1. The van der Waals surface area contributed by atoms with Crippen LogP contribution in [0, 0.1) is 26.2 Å².